The lowest BCUT2D eigenvalue weighted by Gasteiger charge is -2.11. The van der Waals surface area contributed by atoms with Gasteiger partial charge in [0.2, 0.25) is 0 Å². The van der Waals surface area contributed by atoms with E-state index in [4.69, 9.17) is 16.2 Å². The van der Waals surface area contributed by atoms with E-state index >= 15 is 0 Å². The van der Waals surface area contributed by atoms with E-state index in [1.165, 1.54) is 42.4 Å². The van der Waals surface area contributed by atoms with E-state index in [1.807, 2.05) is 0 Å². The second kappa shape index (κ2) is 11.4. The number of rotatable bonds is 6. The molecule has 3 aromatic rings. The number of ether oxygens (including phenoxy) is 1. The third-order valence-electron chi connectivity index (χ3n) is 5.92. The second-order valence-electron chi connectivity index (χ2n) is 8.40. The molecule has 1 aliphatic carbocycles. The van der Waals surface area contributed by atoms with E-state index in [-0.39, 0.29) is 11.4 Å². The molecule has 1 fully saturated rings. The summed E-state index contributed by atoms with van der Waals surface area (Å²) < 4.78 is 5.88. The lowest BCUT2D eigenvalue weighted by atomic mass is 10.0. The number of hydrogen-bond acceptors (Lipinski definition) is 5. The van der Waals surface area contributed by atoms with Gasteiger partial charge in [-0.1, -0.05) is 55.3 Å². The van der Waals surface area contributed by atoms with Gasteiger partial charge in [-0.05, 0) is 55.0 Å². The maximum atomic E-state index is 11.2. The number of pyridine rings is 1. The van der Waals surface area contributed by atoms with Crippen molar-refractivity contribution < 1.29 is 14.3 Å². The Labute approximate surface area is 195 Å². The number of nitrogens with zero attached hydrogens (tertiary/aromatic N) is 1. The summed E-state index contributed by atoms with van der Waals surface area (Å²) >= 11 is 0. The van der Waals surface area contributed by atoms with Crippen LogP contribution >= 0.6 is 0 Å². The number of hydrogen-bond donors (Lipinski definition) is 2. The van der Waals surface area contributed by atoms with E-state index in [1.54, 1.807) is 36.5 Å². The van der Waals surface area contributed by atoms with Crippen molar-refractivity contribution in [3.8, 4) is 11.1 Å². The van der Waals surface area contributed by atoms with Gasteiger partial charge in [-0.3, -0.25) is 9.59 Å². The number of nitrogen functional groups attached to an aromatic ring is 1. The first-order valence-electron chi connectivity index (χ1n) is 11.2. The Morgan fingerprint density at radius 3 is 2.33 bits per heavy atom. The number of benzene rings is 2. The van der Waals surface area contributed by atoms with Gasteiger partial charge in [0.25, 0.3) is 5.91 Å². The quantitative estimate of drug-likeness (QED) is 0.519. The molecule has 33 heavy (non-hydrogen) atoms. The first-order valence-corrected chi connectivity index (χ1v) is 11.2. The van der Waals surface area contributed by atoms with Crippen LogP contribution in [-0.2, 0) is 11.3 Å². The van der Waals surface area contributed by atoms with Gasteiger partial charge in [0.05, 0.1) is 18.3 Å². The van der Waals surface area contributed by atoms with Crippen molar-refractivity contribution >= 4 is 18.0 Å². The molecule has 1 amide bonds. The zero-order valence-corrected chi connectivity index (χ0v) is 19.2. The molecule has 0 spiro atoms. The van der Waals surface area contributed by atoms with Crippen LogP contribution in [0.25, 0.3) is 11.1 Å². The highest BCUT2D eigenvalue weighted by molar-refractivity contribution is 5.98. The van der Waals surface area contributed by atoms with E-state index in [2.05, 4.69) is 37.0 Å². The highest BCUT2D eigenvalue weighted by Crippen LogP contribution is 2.23. The first kappa shape index (κ1) is 24.1. The molecule has 6 heteroatoms. The molecular formula is C27H31N3O3. The lowest BCUT2D eigenvalue weighted by Crippen LogP contribution is -2.14. The van der Waals surface area contributed by atoms with Crippen molar-refractivity contribution in [3.63, 3.8) is 0 Å². The van der Waals surface area contributed by atoms with E-state index < -0.39 is 5.91 Å². The molecule has 1 aromatic heterocycles. The Morgan fingerprint density at radius 2 is 1.73 bits per heavy atom. The van der Waals surface area contributed by atoms with Crippen molar-refractivity contribution in [3.05, 3.63) is 82.5 Å². The third-order valence-corrected chi connectivity index (χ3v) is 5.92. The van der Waals surface area contributed by atoms with Crippen LogP contribution in [0.2, 0.25) is 0 Å². The number of aldehydes is 1. The molecule has 0 aliphatic heterocycles. The highest BCUT2D eigenvalue weighted by atomic mass is 16.5. The van der Waals surface area contributed by atoms with Gasteiger partial charge >= 0.3 is 0 Å². The van der Waals surface area contributed by atoms with E-state index in [0.29, 0.717) is 11.7 Å². The van der Waals surface area contributed by atoms with Crippen molar-refractivity contribution in [2.75, 3.05) is 5.73 Å². The van der Waals surface area contributed by atoms with Gasteiger partial charge in [-0.15, -0.1) is 0 Å². The molecule has 0 atom stereocenters. The number of amides is 1. The Bertz CT molecular complexity index is 1100. The highest BCUT2D eigenvalue weighted by Gasteiger charge is 2.15. The number of primary amides is 1. The van der Waals surface area contributed by atoms with Crippen LogP contribution < -0.4 is 11.5 Å². The first-order chi connectivity index (χ1) is 15.9. The van der Waals surface area contributed by atoms with Gasteiger partial charge in [0, 0.05) is 17.3 Å². The van der Waals surface area contributed by atoms with Crippen molar-refractivity contribution in [2.45, 2.75) is 52.2 Å². The smallest absolute Gasteiger partial charge is 0.252 e. The Balaban J connectivity index is 0.000000189. The maximum Gasteiger partial charge on any atom is 0.252 e. The minimum atomic E-state index is -0.619. The summed E-state index contributed by atoms with van der Waals surface area (Å²) in [5, 5.41) is 0. The number of nitrogens with two attached hydrogens (primary N) is 2. The molecule has 2 aromatic carbocycles. The summed E-state index contributed by atoms with van der Waals surface area (Å²) in [4.78, 5) is 25.6. The monoisotopic (exact) mass is 445 g/mol. The van der Waals surface area contributed by atoms with Crippen molar-refractivity contribution in [1.29, 1.82) is 0 Å². The minimum absolute atomic E-state index is 0.107. The average Bonchev–Trinajstić information content (AvgIpc) is 3.34. The molecule has 0 unspecified atom stereocenters. The Morgan fingerprint density at radius 1 is 1.03 bits per heavy atom. The molecule has 4 N–H and O–H groups in total. The third kappa shape index (κ3) is 6.73. The Kier molecular flexibility index (Phi) is 8.33. The van der Waals surface area contributed by atoms with E-state index in [0.717, 1.165) is 24.0 Å². The summed E-state index contributed by atoms with van der Waals surface area (Å²) in [6.45, 7) is 5.09. The predicted molar refractivity (Wildman–Crippen MR) is 131 cm³/mol. The largest absolute Gasteiger partial charge is 0.383 e. The molecule has 0 radical (unpaired) electrons. The zero-order valence-electron chi connectivity index (χ0n) is 19.2. The standard InChI is InChI=1S/C14H20O.C13H11N3O2/c1-11-7-8-13(9-12(11)2)10-15-14-5-3-4-6-14;14-12-11(13(15)18)5-10(6-16-12)9-3-1-8(7-17)2-4-9/h7-9,14H,3-6,10H2,1-2H3;1-7H,(H2,14,16)(H2,15,18). The summed E-state index contributed by atoms with van der Waals surface area (Å²) in [5.74, 6) is -0.512. The fraction of sp³-hybridized carbons (Fsp3) is 0.296. The summed E-state index contributed by atoms with van der Waals surface area (Å²) in [5.41, 5.74) is 17.1. The number of carbonyl (C=O) groups is 2. The number of carbonyl (C=O) groups excluding carboxylic acids is 2. The fourth-order valence-corrected chi connectivity index (χ4v) is 3.75. The van der Waals surface area contributed by atoms with Crippen LogP contribution in [0.3, 0.4) is 0 Å². The van der Waals surface area contributed by atoms with Gasteiger partial charge in [0.1, 0.15) is 12.1 Å². The Hall–Kier alpha value is -3.51. The topological polar surface area (TPSA) is 108 Å². The molecule has 0 bridgehead atoms. The minimum Gasteiger partial charge on any atom is -0.383 e. The van der Waals surface area contributed by atoms with Crippen molar-refractivity contribution in [1.82, 2.24) is 4.98 Å². The van der Waals surface area contributed by atoms with Crippen LogP contribution in [0.5, 0.6) is 0 Å². The SMILES string of the molecule is Cc1ccc(COC2CCCC2)cc1C.NC(=O)c1cc(-c2ccc(C=O)cc2)cnc1N. The predicted octanol–water partition coefficient (Wildman–Crippen LogP) is 5.00. The molecule has 6 nitrogen and oxygen atoms in total. The van der Waals surface area contributed by atoms with Crippen LogP contribution in [0, 0.1) is 13.8 Å². The zero-order chi connectivity index (χ0) is 23.8. The van der Waals surface area contributed by atoms with Gasteiger partial charge < -0.3 is 16.2 Å². The summed E-state index contributed by atoms with van der Waals surface area (Å²) in [7, 11) is 0. The maximum absolute atomic E-state index is 11.2. The lowest BCUT2D eigenvalue weighted by molar-refractivity contribution is 0.0456. The number of anilines is 1. The number of aromatic nitrogens is 1. The second-order valence-corrected chi connectivity index (χ2v) is 8.40. The molecular weight excluding hydrogens is 414 g/mol. The molecule has 4 rings (SSSR count). The van der Waals surface area contributed by atoms with E-state index in [9.17, 15) is 9.59 Å². The molecule has 1 heterocycles. The van der Waals surface area contributed by atoms with Crippen LogP contribution in [0.1, 0.15) is 63.1 Å². The van der Waals surface area contributed by atoms with Crippen molar-refractivity contribution in [2.24, 2.45) is 5.73 Å². The fourth-order valence-electron chi connectivity index (χ4n) is 3.75. The molecule has 0 saturated heterocycles. The number of aryl methyl sites for hydroxylation is 2. The average molecular weight is 446 g/mol. The normalized spacial score (nSPS) is 13.3. The molecule has 172 valence electrons. The van der Waals surface area contributed by atoms with Crippen LogP contribution in [0.4, 0.5) is 5.82 Å². The van der Waals surface area contributed by atoms with Gasteiger partial charge in [0.15, 0.2) is 0 Å². The summed E-state index contributed by atoms with van der Waals surface area (Å²) in [6, 6.07) is 15.1. The van der Waals surface area contributed by atoms with Crippen LogP contribution in [-0.4, -0.2) is 23.3 Å². The molecule has 1 saturated carbocycles. The molecule has 1 aliphatic rings. The summed E-state index contributed by atoms with van der Waals surface area (Å²) in [6.07, 6.45) is 8.04. The van der Waals surface area contributed by atoms with Gasteiger partial charge in [-0.2, -0.15) is 0 Å². The van der Waals surface area contributed by atoms with Crippen LogP contribution in [0.15, 0.2) is 54.7 Å². The van der Waals surface area contributed by atoms with Gasteiger partial charge in [-0.25, -0.2) is 4.98 Å².